The lowest BCUT2D eigenvalue weighted by Gasteiger charge is -2.42. The van der Waals surface area contributed by atoms with Crippen molar-refractivity contribution in [1.29, 1.82) is 0 Å². The quantitative estimate of drug-likeness (QED) is 0.747. The second-order valence-electron chi connectivity index (χ2n) is 8.24. The number of carbonyl (C=O) groups is 1. The zero-order valence-corrected chi connectivity index (χ0v) is 15.5. The van der Waals surface area contributed by atoms with Crippen molar-refractivity contribution in [2.75, 3.05) is 26.2 Å². The van der Waals surface area contributed by atoms with Crippen molar-refractivity contribution < 1.29 is 4.79 Å². The predicted molar refractivity (Wildman–Crippen MR) is 93.8 cm³/mol. The van der Waals surface area contributed by atoms with Gasteiger partial charge in [0.05, 0.1) is 0 Å². The highest BCUT2D eigenvalue weighted by atomic mass is 16.2. The summed E-state index contributed by atoms with van der Waals surface area (Å²) in [6.45, 7) is 21.0. The summed E-state index contributed by atoms with van der Waals surface area (Å²) in [5, 5.41) is 3.30. The first kappa shape index (κ1) is 19.0. The SMILES string of the molecule is C=C1CNCCN1C(C)(C)C.CC(C)(C)N1CCCCC1=O. The number of nitrogens with zero attached hydrogens (tertiary/aromatic N) is 2. The molecule has 2 heterocycles. The van der Waals surface area contributed by atoms with Crippen LogP contribution in [-0.4, -0.2) is 53.0 Å². The molecule has 0 aliphatic carbocycles. The number of amides is 1. The van der Waals surface area contributed by atoms with E-state index >= 15 is 0 Å². The highest BCUT2D eigenvalue weighted by molar-refractivity contribution is 5.77. The van der Waals surface area contributed by atoms with Gasteiger partial charge in [0.15, 0.2) is 0 Å². The molecule has 2 fully saturated rings. The van der Waals surface area contributed by atoms with Gasteiger partial charge in [-0.2, -0.15) is 0 Å². The normalized spacial score (nSPS) is 20.6. The van der Waals surface area contributed by atoms with Crippen molar-refractivity contribution in [3.05, 3.63) is 12.3 Å². The monoisotopic (exact) mass is 309 g/mol. The van der Waals surface area contributed by atoms with E-state index in [2.05, 4.69) is 58.3 Å². The van der Waals surface area contributed by atoms with Crippen LogP contribution in [0.1, 0.15) is 60.8 Å². The van der Waals surface area contributed by atoms with Crippen LogP contribution in [0.25, 0.3) is 0 Å². The van der Waals surface area contributed by atoms with E-state index in [1.54, 1.807) is 0 Å². The Morgan fingerprint density at radius 1 is 0.955 bits per heavy atom. The van der Waals surface area contributed by atoms with Crippen LogP contribution in [0.15, 0.2) is 12.3 Å². The average Bonchev–Trinajstić information content (AvgIpc) is 2.37. The van der Waals surface area contributed by atoms with Crippen molar-refractivity contribution in [3.8, 4) is 0 Å². The number of carbonyl (C=O) groups excluding carboxylic acids is 1. The van der Waals surface area contributed by atoms with E-state index in [0.717, 1.165) is 39.0 Å². The minimum absolute atomic E-state index is 0.0253. The number of nitrogens with one attached hydrogen (secondary N) is 1. The van der Waals surface area contributed by atoms with Gasteiger partial charge in [-0.15, -0.1) is 0 Å². The first-order valence-electron chi connectivity index (χ1n) is 8.50. The van der Waals surface area contributed by atoms with Gasteiger partial charge in [0.2, 0.25) is 5.91 Å². The maximum atomic E-state index is 11.4. The molecule has 0 saturated carbocycles. The second-order valence-corrected chi connectivity index (χ2v) is 8.24. The third-order valence-electron chi connectivity index (χ3n) is 4.17. The summed E-state index contributed by atoms with van der Waals surface area (Å²) in [6, 6.07) is 0. The lowest BCUT2D eigenvalue weighted by Crippen LogP contribution is -2.50. The number of piperidine rings is 1. The summed E-state index contributed by atoms with van der Waals surface area (Å²) in [5.74, 6) is 0.323. The minimum Gasteiger partial charge on any atom is -0.368 e. The second kappa shape index (κ2) is 7.49. The predicted octanol–water partition coefficient (Wildman–Crippen LogP) is 3.00. The van der Waals surface area contributed by atoms with Gasteiger partial charge in [-0.05, 0) is 54.4 Å². The van der Waals surface area contributed by atoms with Crippen LogP contribution in [0, 0.1) is 0 Å². The third kappa shape index (κ3) is 5.64. The van der Waals surface area contributed by atoms with Gasteiger partial charge in [-0.1, -0.05) is 6.58 Å². The molecular weight excluding hydrogens is 274 g/mol. The van der Waals surface area contributed by atoms with Gasteiger partial charge < -0.3 is 15.1 Å². The lowest BCUT2D eigenvalue weighted by molar-refractivity contribution is -0.138. The molecule has 2 aliphatic rings. The molecule has 0 spiro atoms. The molecule has 2 rings (SSSR count). The van der Waals surface area contributed by atoms with Gasteiger partial charge in [0.25, 0.3) is 0 Å². The fourth-order valence-corrected chi connectivity index (χ4v) is 3.00. The summed E-state index contributed by atoms with van der Waals surface area (Å²) >= 11 is 0. The molecule has 2 aliphatic heterocycles. The molecule has 4 nitrogen and oxygen atoms in total. The van der Waals surface area contributed by atoms with E-state index < -0.39 is 0 Å². The zero-order valence-electron chi connectivity index (χ0n) is 15.5. The van der Waals surface area contributed by atoms with Crippen LogP contribution < -0.4 is 5.32 Å². The topological polar surface area (TPSA) is 35.6 Å². The van der Waals surface area contributed by atoms with Gasteiger partial charge in [0.1, 0.15) is 0 Å². The van der Waals surface area contributed by atoms with Crippen LogP contribution in [0.5, 0.6) is 0 Å². The molecule has 0 radical (unpaired) electrons. The molecular formula is C18H35N3O. The van der Waals surface area contributed by atoms with Crippen LogP contribution in [0.3, 0.4) is 0 Å². The minimum atomic E-state index is 0.0253. The molecule has 1 N–H and O–H groups in total. The van der Waals surface area contributed by atoms with Crippen molar-refractivity contribution in [3.63, 3.8) is 0 Å². The highest BCUT2D eigenvalue weighted by Gasteiger charge is 2.27. The molecule has 0 unspecified atom stereocenters. The number of rotatable bonds is 0. The number of piperazine rings is 1. The van der Waals surface area contributed by atoms with E-state index in [9.17, 15) is 4.79 Å². The molecule has 128 valence electrons. The van der Waals surface area contributed by atoms with Crippen molar-refractivity contribution in [2.24, 2.45) is 0 Å². The number of hydrogen-bond donors (Lipinski definition) is 1. The number of likely N-dealkylation sites (tertiary alicyclic amines) is 1. The first-order valence-corrected chi connectivity index (χ1v) is 8.50. The highest BCUT2D eigenvalue weighted by Crippen LogP contribution is 2.20. The van der Waals surface area contributed by atoms with E-state index in [-0.39, 0.29) is 11.1 Å². The van der Waals surface area contributed by atoms with E-state index in [1.165, 1.54) is 12.1 Å². The summed E-state index contributed by atoms with van der Waals surface area (Å²) in [5.41, 5.74) is 1.47. The van der Waals surface area contributed by atoms with Crippen molar-refractivity contribution >= 4 is 5.91 Å². The Morgan fingerprint density at radius 2 is 1.55 bits per heavy atom. The van der Waals surface area contributed by atoms with Crippen molar-refractivity contribution in [2.45, 2.75) is 71.9 Å². The summed E-state index contributed by atoms with van der Waals surface area (Å²) < 4.78 is 0. The Balaban J connectivity index is 0.000000220. The lowest BCUT2D eigenvalue weighted by atomic mass is 10.0. The third-order valence-corrected chi connectivity index (χ3v) is 4.17. The van der Waals surface area contributed by atoms with Crippen LogP contribution in [-0.2, 0) is 4.79 Å². The molecule has 0 aromatic rings. The Hall–Kier alpha value is -1.03. The maximum Gasteiger partial charge on any atom is 0.222 e. The molecule has 4 heteroatoms. The largest absolute Gasteiger partial charge is 0.368 e. The molecule has 0 aromatic carbocycles. The zero-order chi connectivity index (χ0) is 17.0. The summed E-state index contributed by atoms with van der Waals surface area (Å²) in [7, 11) is 0. The average molecular weight is 309 g/mol. The summed E-state index contributed by atoms with van der Waals surface area (Å²) in [6.07, 6.45) is 2.99. The molecule has 2 saturated heterocycles. The van der Waals surface area contributed by atoms with Gasteiger partial charge in [-0.25, -0.2) is 0 Å². The standard InChI is InChI=1S/C9H18N2.C9H17NO/c1-8-7-10-5-6-11(8)9(2,3)4;1-9(2,3)10-7-5-4-6-8(10)11/h10H,1,5-7H2,2-4H3;4-7H2,1-3H3. The fourth-order valence-electron chi connectivity index (χ4n) is 3.00. The molecule has 22 heavy (non-hydrogen) atoms. The van der Waals surface area contributed by atoms with Gasteiger partial charge >= 0.3 is 0 Å². The number of hydrogen-bond acceptors (Lipinski definition) is 3. The summed E-state index contributed by atoms with van der Waals surface area (Å²) in [4.78, 5) is 15.7. The van der Waals surface area contributed by atoms with E-state index in [4.69, 9.17) is 0 Å². The molecule has 0 bridgehead atoms. The Bertz CT molecular complexity index is 352. The van der Waals surface area contributed by atoms with E-state index in [0.29, 0.717) is 5.91 Å². The van der Waals surface area contributed by atoms with Crippen LogP contribution in [0.2, 0.25) is 0 Å². The van der Waals surface area contributed by atoms with Gasteiger partial charge in [-0.3, -0.25) is 4.79 Å². The van der Waals surface area contributed by atoms with E-state index in [1.807, 2.05) is 4.90 Å². The Morgan fingerprint density at radius 3 is 1.91 bits per heavy atom. The Kier molecular flexibility index (Phi) is 6.48. The maximum absolute atomic E-state index is 11.4. The molecule has 1 amide bonds. The molecule has 0 aromatic heterocycles. The fraction of sp³-hybridized carbons (Fsp3) is 0.833. The van der Waals surface area contributed by atoms with Gasteiger partial charge in [0, 0.05) is 49.4 Å². The van der Waals surface area contributed by atoms with Crippen LogP contribution >= 0.6 is 0 Å². The Labute approximate surface area is 136 Å². The first-order chi connectivity index (χ1) is 10.0. The van der Waals surface area contributed by atoms with Crippen molar-refractivity contribution in [1.82, 2.24) is 15.1 Å². The smallest absolute Gasteiger partial charge is 0.222 e. The van der Waals surface area contributed by atoms with Crippen LogP contribution in [0.4, 0.5) is 0 Å². The molecule has 0 atom stereocenters.